The Kier molecular flexibility index (Phi) is 0.982. The van der Waals surface area contributed by atoms with Crippen LogP contribution in [0.1, 0.15) is 6.42 Å². The molecule has 0 aliphatic carbocycles. The fourth-order valence-electron chi connectivity index (χ4n) is 0.596. The van der Waals surface area contributed by atoms with Crippen LogP contribution in [0.3, 0.4) is 0 Å². The van der Waals surface area contributed by atoms with E-state index in [9.17, 15) is 5.21 Å². The van der Waals surface area contributed by atoms with Gasteiger partial charge in [0.25, 0.3) is 0 Å². The van der Waals surface area contributed by atoms with Crippen molar-refractivity contribution < 1.29 is 9.85 Å². The van der Waals surface area contributed by atoms with Crippen LogP contribution in [0.4, 0.5) is 0 Å². The zero-order chi connectivity index (χ0) is 5.28. The number of hydrogen-bond acceptors (Lipinski definition) is 2. The lowest BCUT2D eigenvalue weighted by atomic mass is 10.3. The van der Waals surface area contributed by atoms with Gasteiger partial charge in [0.05, 0.1) is 6.42 Å². The molecule has 1 N–H and O–H groups in total. The second-order valence-electron chi connectivity index (χ2n) is 1.67. The van der Waals surface area contributed by atoms with E-state index in [1.165, 1.54) is 6.21 Å². The van der Waals surface area contributed by atoms with Gasteiger partial charge in [0.2, 0.25) is 0 Å². The topological polar surface area (TPSA) is 46.3 Å². The highest BCUT2D eigenvalue weighted by Crippen LogP contribution is 1.95. The van der Waals surface area contributed by atoms with Crippen LogP contribution in [0.25, 0.3) is 0 Å². The van der Waals surface area contributed by atoms with Crippen molar-refractivity contribution >= 4 is 6.21 Å². The minimum atomic E-state index is -0.419. The predicted molar refractivity (Wildman–Crippen MR) is 25.2 cm³/mol. The van der Waals surface area contributed by atoms with Crippen molar-refractivity contribution in [3.05, 3.63) is 5.21 Å². The summed E-state index contributed by atoms with van der Waals surface area (Å²) in [6, 6.07) is 0. The Morgan fingerprint density at radius 2 is 2.57 bits per heavy atom. The molecule has 1 heterocycles. The Morgan fingerprint density at radius 3 is 2.71 bits per heavy atom. The molecule has 0 aromatic rings. The van der Waals surface area contributed by atoms with Gasteiger partial charge in [0.15, 0.2) is 12.8 Å². The summed E-state index contributed by atoms with van der Waals surface area (Å²) in [5.74, 6) is 0. The van der Waals surface area contributed by atoms with Crippen LogP contribution in [0.5, 0.6) is 0 Å². The molecule has 3 nitrogen and oxygen atoms in total. The Hall–Kier alpha value is -0.570. The Labute approximate surface area is 41.5 Å². The summed E-state index contributed by atoms with van der Waals surface area (Å²) >= 11 is 0. The molecule has 1 rings (SSSR count). The molecule has 3 heteroatoms. The van der Waals surface area contributed by atoms with Gasteiger partial charge in [-0.15, -0.1) is 0 Å². The smallest absolute Gasteiger partial charge is 0.179 e. The van der Waals surface area contributed by atoms with Crippen LogP contribution >= 0.6 is 0 Å². The molecule has 40 valence electrons. The van der Waals surface area contributed by atoms with Gasteiger partial charge < -0.3 is 10.3 Å². The second kappa shape index (κ2) is 1.50. The van der Waals surface area contributed by atoms with Crippen LogP contribution in [-0.4, -0.2) is 28.7 Å². The number of hydrogen-bond donors (Lipinski definition) is 1. The van der Waals surface area contributed by atoms with E-state index in [1.54, 1.807) is 0 Å². The molecule has 1 aliphatic heterocycles. The molecule has 0 saturated carbocycles. The van der Waals surface area contributed by atoms with Crippen molar-refractivity contribution in [2.75, 3.05) is 6.54 Å². The van der Waals surface area contributed by atoms with E-state index >= 15 is 0 Å². The Bertz CT molecular complexity index is 99.9. The fraction of sp³-hybridized carbons (Fsp3) is 0.750. The van der Waals surface area contributed by atoms with E-state index in [0.29, 0.717) is 6.42 Å². The number of nitrogens with zero attached hydrogens (tertiary/aromatic N) is 1. The fourth-order valence-corrected chi connectivity index (χ4v) is 0.596. The molecular weight excluding hydrogens is 94.0 g/mol. The largest absolute Gasteiger partial charge is 0.624 e. The van der Waals surface area contributed by atoms with Crippen molar-refractivity contribution in [1.29, 1.82) is 0 Å². The summed E-state index contributed by atoms with van der Waals surface area (Å²) in [7, 11) is 0. The minimum Gasteiger partial charge on any atom is -0.624 e. The first-order valence-corrected chi connectivity index (χ1v) is 2.24. The van der Waals surface area contributed by atoms with E-state index in [1.807, 2.05) is 0 Å². The summed E-state index contributed by atoms with van der Waals surface area (Å²) in [6.45, 7) is 0.250. The van der Waals surface area contributed by atoms with E-state index < -0.39 is 6.10 Å². The maximum Gasteiger partial charge on any atom is 0.179 e. The predicted octanol–water partition coefficient (Wildman–Crippen LogP) is -0.668. The van der Waals surface area contributed by atoms with Gasteiger partial charge in [-0.05, 0) is 0 Å². The molecular formula is C4H7NO2. The van der Waals surface area contributed by atoms with E-state index in [4.69, 9.17) is 5.11 Å². The lowest BCUT2D eigenvalue weighted by Crippen LogP contribution is -2.10. The van der Waals surface area contributed by atoms with E-state index in [0.717, 1.165) is 4.74 Å². The van der Waals surface area contributed by atoms with Gasteiger partial charge in [-0.2, -0.15) is 0 Å². The summed E-state index contributed by atoms with van der Waals surface area (Å²) in [6.07, 6.45) is 1.55. The standard InChI is InChI=1S/C4H7NO2/c6-4-1-2-5(7)3-4/h2,4,6H,1,3H2. The van der Waals surface area contributed by atoms with Gasteiger partial charge in [-0.3, -0.25) is 0 Å². The molecule has 1 aliphatic rings. The maximum absolute atomic E-state index is 10.2. The number of aliphatic hydroxyl groups is 1. The number of aliphatic hydroxyl groups excluding tert-OH is 1. The van der Waals surface area contributed by atoms with Crippen LogP contribution < -0.4 is 0 Å². The van der Waals surface area contributed by atoms with Crippen LogP contribution in [0.15, 0.2) is 0 Å². The molecule has 0 fully saturated rings. The van der Waals surface area contributed by atoms with Gasteiger partial charge in [-0.25, -0.2) is 4.74 Å². The Balaban J connectivity index is 2.42. The summed E-state index contributed by atoms with van der Waals surface area (Å²) in [5.41, 5.74) is 0. The van der Waals surface area contributed by atoms with Crippen LogP contribution in [0, 0.1) is 5.21 Å². The molecule has 0 aromatic carbocycles. The summed E-state index contributed by atoms with van der Waals surface area (Å²) < 4.78 is 0.755. The highest BCUT2D eigenvalue weighted by molar-refractivity contribution is 5.53. The first-order valence-electron chi connectivity index (χ1n) is 2.24. The zero-order valence-corrected chi connectivity index (χ0v) is 3.87. The van der Waals surface area contributed by atoms with E-state index in [-0.39, 0.29) is 6.54 Å². The molecule has 1 unspecified atom stereocenters. The average Bonchev–Trinajstić information content (AvgIpc) is 1.87. The molecule has 0 radical (unpaired) electrons. The highest BCUT2D eigenvalue weighted by atomic mass is 16.5. The van der Waals surface area contributed by atoms with Crippen molar-refractivity contribution in [1.82, 2.24) is 0 Å². The molecule has 0 saturated heterocycles. The van der Waals surface area contributed by atoms with Gasteiger partial charge in [0, 0.05) is 0 Å². The number of hydroxylamine groups is 1. The summed E-state index contributed by atoms with van der Waals surface area (Å²) in [4.78, 5) is 0. The summed E-state index contributed by atoms with van der Waals surface area (Å²) in [5, 5.41) is 18.8. The van der Waals surface area contributed by atoms with Gasteiger partial charge in [0.1, 0.15) is 6.10 Å². The first-order chi connectivity index (χ1) is 3.29. The van der Waals surface area contributed by atoms with Crippen molar-refractivity contribution in [2.24, 2.45) is 0 Å². The van der Waals surface area contributed by atoms with Crippen molar-refractivity contribution in [3.8, 4) is 0 Å². The maximum atomic E-state index is 10.2. The normalized spacial score (nSPS) is 30.4. The monoisotopic (exact) mass is 101 g/mol. The average molecular weight is 101 g/mol. The molecule has 1 atom stereocenters. The molecule has 0 aromatic heterocycles. The molecule has 0 spiro atoms. The lowest BCUT2D eigenvalue weighted by Gasteiger charge is -1.95. The van der Waals surface area contributed by atoms with Crippen molar-refractivity contribution in [2.45, 2.75) is 12.5 Å². The minimum absolute atomic E-state index is 0.250. The van der Waals surface area contributed by atoms with Gasteiger partial charge in [-0.1, -0.05) is 0 Å². The quantitative estimate of drug-likeness (QED) is 0.325. The van der Waals surface area contributed by atoms with Crippen molar-refractivity contribution in [3.63, 3.8) is 0 Å². The molecule has 0 bridgehead atoms. The number of rotatable bonds is 0. The zero-order valence-electron chi connectivity index (χ0n) is 3.87. The molecule has 0 amide bonds. The lowest BCUT2D eigenvalue weighted by molar-refractivity contribution is -0.452. The Morgan fingerprint density at radius 1 is 1.86 bits per heavy atom. The first kappa shape index (κ1) is 4.59. The molecule has 7 heavy (non-hydrogen) atoms. The third kappa shape index (κ3) is 0.899. The number of β-amino-alcohol motifs (C(OH)–C–C–N with tert-alkyl or cyclic N) is 1. The highest BCUT2D eigenvalue weighted by Gasteiger charge is 2.14. The third-order valence-electron chi connectivity index (χ3n) is 0.972. The third-order valence-corrected chi connectivity index (χ3v) is 0.972. The van der Waals surface area contributed by atoms with Gasteiger partial charge >= 0.3 is 0 Å². The second-order valence-corrected chi connectivity index (χ2v) is 1.67. The SMILES string of the molecule is [O-][N+]1=CCC(O)C1. The van der Waals surface area contributed by atoms with E-state index in [2.05, 4.69) is 0 Å². The van der Waals surface area contributed by atoms with Crippen LogP contribution in [0.2, 0.25) is 0 Å². The van der Waals surface area contributed by atoms with Crippen LogP contribution in [-0.2, 0) is 0 Å².